The molecule has 96 valence electrons. The zero-order valence-electron chi connectivity index (χ0n) is 10.8. The van der Waals surface area contributed by atoms with E-state index in [9.17, 15) is 4.79 Å². The third-order valence-corrected chi connectivity index (χ3v) is 3.48. The normalized spacial score (nSPS) is 12.4. The van der Waals surface area contributed by atoms with Crippen molar-refractivity contribution in [1.82, 2.24) is 14.9 Å². The Morgan fingerprint density at radius 2 is 2.18 bits per heavy atom. The monoisotopic (exact) mass is 255 g/mol. The van der Waals surface area contributed by atoms with Crippen molar-refractivity contribution in [2.24, 2.45) is 0 Å². The van der Waals surface area contributed by atoms with E-state index in [1.807, 2.05) is 13.8 Å². The molecule has 1 aromatic heterocycles. The third kappa shape index (κ3) is 4.42. The maximum Gasteiger partial charge on any atom is 0.265 e. The first kappa shape index (κ1) is 14.1. The maximum absolute atomic E-state index is 11.9. The van der Waals surface area contributed by atoms with Crippen LogP contribution in [0.4, 0.5) is 0 Å². The van der Waals surface area contributed by atoms with Gasteiger partial charge in [0.25, 0.3) is 5.91 Å². The number of hydrogen-bond donors (Lipinski definition) is 1. The lowest BCUT2D eigenvalue weighted by molar-refractivity contribution is 0.0941. The molecule has 4 nitrogen and oxygen atoms in total. The van der Waals surface area contributed by atoms with E-state index in [0.717, 1.165) is 18.5 Å². The van der Waals surface area contributed by atoms with Crippen LogP contribution in [0.3, 0.4) is 0 Å². The number of rotatable bonds is 7. The Kier molecular flexibility index (Phi) is 6.11. The quantitative estimate of drug-likeness (QED) is 0.762. The molecule has 17 heavy (non-hydrogen) atoms. The number of nitrogens with one attached hydrogen (secondary N) is 1. The van der Waals surface area contributed by atoms with E-state index < -0.39 is 0 Å². The molecule has 0 aliphatic rings. The van der Waals surface area contributed by atoms with Crippen molar-refractivity contribution in [2.45, 2.75) is 58.9 Å². The fraction of sp³-hybridized carbons (Fsp3) is 0.750. The van der Waals surface area contributed by atoms with Crippen LogP contribution in [-0.4, -0.2) is 21.5 Å². The summed E-state index contributed by atoms with van der Waals surface area (Å²) in [6.45, 7) is 6.21. The van der Waals surface area contributed by atoms with Crippen molar-refractivity contribution in [3.05, 3.63) is 10.6 Å². The average Bonchev–Trinajstić information content (AvgIpc) is 2.77. The van der Waals surface area contributed by atoms with E-state index in [0.29, 0.717) is 4.88 Å². The van der Waals surface area contributed by atoms with Gasteiger partial charge in [0.15, 0.2) is 0 Å². The number of nitrogens with zero attached hydrogens (tertiary/aromatic N) is 2. The number of hydrogen-bond acceptors (Lipinski definition) is 4. The van der Waals surface area contributed by atoms with Gasteiger partial charge in [-0.15, -0.1) is 5.10 Å². The van der Waals surface area contributed by atoms with E-state index in [2.05, 4.69) is 21.8 Å². The lowest BCUT2D eigenvalue weighted by Gasteiger charge is -2.12. The molecule has 1 aromatic rings. The number of unbranched alkanes of at least 4 members (excludes halogenated alkanes) is 2. The lowest BCUT2D eigenvalue weighted by atomic mass is 10.1. The molecule has 1 heterocycles. The van der Waals surface area contributed by atoms with Crippen molar-refractivity contribution < 1.29 is 4.79 Å². The number of amides is 1. The highest BCUT2D eigenvalue weighted by Gasteiger charge is 2.16. The fourth-order valence-corrected chi connectivity index (χ4v) is 2.33. The van der Waals surface area contributed by atoms with Gasteiger partial charge in [-0.25, -0.2) is 0 Å². The molecule has 0 bridgehead atoms. The van der Waals surface area contributed by atoms with Crippen LogP contribution in [0.15, 0.2) is 0 Å². The second kappa shape index (κ2) is 7.37. The highest BCUT2D eigenvalue weighted by molar-refractivity contribution is 7.08. The van der Waals surface area contributed by atoms with Gasteiger partial charge in [-0.2, -0.15) is 0 Å². The summed E-state index contributed by atoms with van der Waals surface area (Å²) in [5.74, 6) is -0.0270. The molecule has 0 aliphatic heterocycles. The molecule has 0 spiro atoms. The second-order valence-corrected chi connectivity index (χ2v) is 5.03. The van der Waals surface area contributed by atoms with Crippen molar-refractivity contribution in [3.63, 3.8) is 0 Å². The van der Waals surface area contributed by atoms with Gasteiger partial charge in [-0.1, -0.05) is 37.6 Å². The van der Waals surface area contributed by atoms with E-state index in [1.165, 1.54) is 30.8 Å². The average molecular weight is 255 g/mol. The van der Waals surface area contributed by atoms with Gasteiger partial charge in [0.1, 0.15) is 4.88 Å². The molecule has 0 aliphatic carbocycles. The Hall–Kier alpha value is -0.970. The topological polar surface area (TPSA) is 54.9 Å². The number of aromatic nitrogens is 2. The summed E-state index contributed by atoms with van der Waals surface area (Å²) < 4.78 is 3.83. The molecule has 1 unspecified atom stereocenters. The van der Waals surface area contributed by atoms with E-state index in [1.54, 1.807) is 0 Å². The molecule has 1 rings (SSSR count). The maximum atomic E-state index is 11.9. The minimum absolute atomic E-state index is 0.0270. The number of carbonyl (C=O) groups is 1. The molecule has 1 amide bonds. The zero-order valence-corrected chi connectivity index (χ0v) is 11.6. The molecule has 5 heteroatoms. The Morgan fingerprint density at radius 1 is 1.41 bits per heavy atom. The summed E-state index contributed by atoms with van der Waals surface area (Å²) in [4.78, 5) is 12.6. The van der Waals surface area contributed by atoms with Crippen LogP contribution >= 0.6 is 11.5 Å². The SMILES string of the molecule is CCCCCC(C)NC(=O)c1snnc1CC. The van der Waals surface area contributed by atoms with Gasteiger partial charge in [-0.3, -0.25) is 4.79 Å². The lowest BCUT2D eigenvalue weighted by Crippen LogP contribution is -2.32. The molecule has 0 aromatic carbocycles. The van der Waals surface area contributed by atoms with Crippen LogP contribution in [0.5, 0.6) is 0 Å². The van der Waals surface area contributed by atoms with E-state index in [-0.39, 0.29) is 11.9 Å². The first-order valence-corrected chi connectivity index (χ1v) is 7.08. The van der Waals surface area contributed by atoms with E-state index >= 15 is 0 Å². The van der Waals surface area contributed by atoms with Gasteiger partial charge in [0.2, 0.25) is 0 Å². The minimum Gasteiger partial charge on any atom is -0.349 e. The van der Waals surface area contributed by atoms with Crippen molar-refractivity contribution in [3.8, 4) is 0 Å². The van der Waals surface area contributed by atoms with Crippen LogP contribution in [0.2, 0.25) is 0 Å². The Bertz CT molecular complexity index is 351. The van der Waals surface area contributed by atoms with Crippen LogP contribution in [0, 0.1) is 0 Å². The standard InChI is InChI=1S/C12H21N3OS/c1-4-6-7-8-9(3)13-12(16)11-10(5-2)14-15-17-11/h9H,4-8H2,1-3H3,(H,13,16). The predicted octanol–water partition coefficient (Wildman–Crippen LogP) is 2.80. The van der Waals surface area contributed by atoms with Crippen LogP contribution in [0.1, 0.15) is 61.8 Å². The molecule has 0 saturated carbocycles. The first-order chi connectivity index (χ1) is 8.19. The second-order valence-electron chi connectivity index (χ2n) is 4.27. The molecule has 1 atom stereocenters. The van der Waals surface area contributed by atoms with Crippen LogP contribution in [0.25, 0.3) is 0 Å². The van der Waals surface area contributed by atoms with Gasteiger partial charge in [0, 0.05) is 6.04 Å². The summed E-state index contributed by atoms with van der Waals surface area (Å²) in [5, 5.41) is 6.95. The third-order valence-electron chi connectivity index (χ3n) is 2.72. The van der Waals surface area contributed by atoms with Gasteiger partial charge < -0.3 is 5.32 Å². The predicted molar refractivity (Wildman–Crippen MR) is 70.4 cm³/mol. The van der Waals surface area contributed by atoms with Crippen LogP contribution < -0.4 is 5.32 Å². The van der Waals surface area contributed by atoms with Gasteiger partial charge >= 0.3 is 0 Å². The van der Waals surface area contributed by atoms with Gasteiger partial charge in [-0.05, 0) is 31.3 Å². The van der Waals surface area contributed by atoms with Gasteiger partial charge in [0.05, 0.1) is 5.69 Å². The molecule has 1 N–H and O–H groups in total. The minimum atomic E-state index is -0.0270. The molecule has 0 saturated heterocycles. The largest absolute Gasteiger partial charge is 0.349 e. The Labute approximate surface area is 107 Å². The van der Waals surface area contributed by atoms with E-state index in [4.69, 9.17) is 0 Å². The highest BCUT2D eigenvalue weighted by atomic mass is 32.1. The van der Waals surface area contributed by atoms with Crippen LogP contribution in [-0.2, 0) is 6.42 Å². The first-order valence-electron chi connectivity index (χ1n) is 6.31. The molecular formula is C12H21N3OS. The van der Waals surface area contributed by atoms with Crippen molar-refractivity contribution in [2.75, 3.05) is 0 Å². The summed E-state index contributed by atoms with van der Waals surface area (Å²) in [7, 11) is 0. The number of carbonyl (C=O) groups excluding carboxylic acids is 1. The Balaban J connectivity index is 2.43. The fourth-order valence-electron chi connectivity index (χ4n) is 1.67. The molecule has 0 radical (unpaired) electrons. The molecule has 0 fully saturated rings. The Morgan fingerprint density at radius 3 is 2.82 bits per heavy atom. The summed E-state index contributed by atoms with van der Waals surface area (Å²) in [5.41, 5.74) is 0.799. The zero-order chi connectivity index (χ0) is 12.7. The van der Waals surface area contributed by atoms with Crippen molar-refractivity contribution >= 4 is 17.4 Å². The summed E-state index contributed by atoms with van der Waals surface area (Å²) in [6.07, 6.45) is 5.39. The van der Waals surface area contributed by atoms with Crippen molar-refractivity contribution in [1.29, 1.82) is 0 Å². The highest BCUT2D eigenvalue weighted by Crippen LogP contribution is 2.12. The molecular weight excluding hydrogens is 234 g/mol. The summed E-state index contributed by atoms with van der Waals surface area (Å²) in [6, 6.07) is 0.223. The number of aryl methyl sites for hydroxylation is 1. The summed E-state index contributed by atoms with van der Waals surface area (Å²) >= 11 is 1.18. The smallest absolute Gasteiger partial charge is 0.265 e.